The number of carbonyl (C=O) groups excluding carboxylic acids is 5. The molecular weight excluding hydrogens is 493 g/mol. The standard InChI is InChI=1S/C15H19N7O8S2.Na.H/c1-2-20-3-4-21(13(26)12(20)25)15(27)19-9(8-6-31-14(16)18-8)10(23)17-7-5-22(11(7)24)32(28,29)30;;/h6-7,9H,2-5H2,1H3,(H2,16,18)(H,17,23)(H,19,27)(H,28,29,30);;. The van der Waals surface area contributed by atoms with Crippen LogP contribution in [0.4, 0.5) is 9.93 Å². The first-order chi connectivity index (χ1) is 14.9. The monoisotopic (exact) mass is 513 g/mol. The number of nitrogens with two attached hydrogens (primary N) is 1. The number of hydrogen-bond acceptors (Lipinski definition) is 10. The first kappa shape index (κ1) is 26.9. The first-order valence-electron chi connectivity index (χ1n) is 9.15. The van der Waals surface area contributed by atoms with E-state index in [0.29, 0.717) is 11.4 Å². The number of urea groups is 1. The van der Waals surface area contributed by atoms with E-state index in [4.69, 9.17) is 10.3 Å². The van der Waals surface area contributed by atoms with E-state index in [-0.39, 0.29) is 57.8 Å². The molecule has 6 amide bonds. The molecule has 0 radical (unpaired) electrons. The fourth-order valence-corrected chi connectivity index (χ4v) is 4.32. The number of nitrogens with one attached hydrogen (secondary N) is 2. The molecule has 0 aliphatic carbocycles. The molecule has 0 aromatic carbocycles. The van der Waals surface area contributed by atoms with E-state index < -0.39 is 58.6 Å². The SMILES string of the molecule is CCN1CCN(C(=O)NC(C(=O)NC2CN(S(=O)(=O)O)C2=O)c2csc(N)n2)C(=O)C1=O.[NaH]. The average Bonchev–Trinajstić information content (AvgIpc) is 3.15. The van der Waals surface area contributed by atoms with Crippen LogP contribution < -0.4 is 16.4 Å². The third-order valence-corrected chi connectivity index (χ3v) is 6.37. The number of hydrogen-bond donors (Lipinski definition) is 4. The van der Waals surface area contributed by atoms with Crippen LogP contribution in [-0.2, 0) is 29.5 Å². The van der Waals surface area contributed by atoms with Gasteiger partial charge in [-0.3, -0.25) is 28.6 Å². The Bertz CT molecular complexity index is 1090. The minimum atomic E-state index is -4.75. The van der Waals surface area contributed by atoms with Gasteiger partial charge < -0.3 is 21.3 Å². The van der Waals surface area contributed by atoms with Gasteiger partial charge in [-0.05, 0) is 6.92 Å². The number of rotatable bonds is 6. The van der Waals surface area contributed by atoms with Crippen LogP contribution in [0.2, 0.25) is 0 Å². The quantitative estimate of drug-likeness (QED) is 0.128. The van der Waals surface area contributed by atoms with Crippen molar-refractivity contribution < 1.29 is 36.9 Å². The zero-order valence-electron chi connectivity index (χ0n) is 16.5. The molecule has 2 aliphatic rings. The molecule has 0 bridgehead atoms. The molecule has 1 aromatic heterocycles. The molecule has 0 spiro atoms. The Morgan fingerprint density at radius 2 is 1.97 bits per heavy atom. The van der Waals surface area contributed by atoms with Crippen LogP contribution in [0.3, 0.4) is 0 Å². The molecule has 2 aliphatic heterocycles. The van der Waals surface area contributed by atoms with E-state index in [1.54, 1.807) is 6.92 Å². The van der Waals surface area contributed by atoms with Crippen molar-refractivity contribution in [3.8, 4) is 0 Å². The molecule has 3 heterocycles. The number of thiazole rings is 1. The molecule has 176 valence electrons. The van der Waals surface area contributed by atoms with Crippen molar-refractivity contribution >= 4 is 86.0 Å². The summed E-state index contributed by atoms with van der Waals surface area (Å²) in [5.41, 5.74) is 5.58. The van der Waals surface area contributed by atoms with Gasteiger partial charge in [0.1, 0.15) is 6.04 Å². The second kappa shape index (κ2) is 10.3. The minimum absolute atomic E-state index is 0. The Morgan fingerprint density at radius 3 is 2.48 bits per heavy atom. The molecular formula is C15H20N7NaO8S2. The van der Waals surface area contributed by atoms with Gasteiger partial charge in [-0.25, -0.2) is 14.1 Å². The summed E-state index contributed by atoms with van der Waals surface area (Å²) in [5, 5.41) is 5.98. The topological polar surface area (TPSA) is 212 Å². The Balaban J connectivity index is 0.00000385. The molecule has 15 nitrogen and oxygen atoms in total. The number of aromatic nitrogens is 1. The molecule has 2 atom stereocenters. The van der Waals surface area contributed by atoms with Gasteiger partial charge in [0.05, 0.1) is 12.2 Å². The van der Waals surface area contributed by atoms with E-state index in [1.165, 1.54) is 10.3 Å². The number of carbonyl (C=O) groups is 5. The molecule has 5 N–H and O–H groups in total. The molecule has 1 aromatic rings. The summed E-state index contributed by atoms with van der Waals surface area (Å²) in [4.78, 5) is 67.4. The predicted octanol–water partition coefficient (Wildman–Crippen LogP) is -3.35. The fourth-order valence-electron chi connectivity index (χ4n) is 3.04. The van der Waals surface area contributed by atoms with Crippen LogP contribution in [0.1, 0.15) is 18.7 Å². The number of nitrogen functional groups attached to an aromatic ring is 1. The fraction of sp³-hybridized carbons (Fsp3) is 0.467. The van der Waals surface area contributed by atoms with Gasteiger partial charge in [0.15, 0.2) is 11.2 Å². The van der Waals surface area contributed by atoms with Gasteiger partial charge in [-0.2, -0.15) is 8.42 Å². The van der Waals surface area contributed by atoms with Gasteiger partial charge >= 0.3 is 57.7 Å². The van der Waals surface area contributed by atoms with E-state index >= 15 is 0 Å². The first-order valence-corrected chi connectivity index (χ1v) is 11.4. The van der Waals surface area contributed by atoms with Gasteiger partial charge in [-0.15, -0.1) is 11.3 Å². The van der Waals surface area contributed by atoms with Crippen molar-refractivity contribution in [1.82, 2.24) is 29.7 Å². The second-order valence-electron chi connectivity index (χ2n) is 6.74. The summed E-state index contributed by atoms with van der Waals surface area (Å²) in [6, 6.07) is -3.81. The predicted molar refractivity (Wildman–Crippen MR) is 114 cm³/mol. The number of nitrogens with zero attached hydrogens (tertiary/aromatic N) is 4. The van der Waals surface area contributed by atoms with Gasteiger partial charge in [0, 0.05) is 25.0 Å². The van der Waals surface area contributed by atoms with Crippen LogP contribution in [-0.4, -0.2) is 123 Å². The van der Waals surface area contributed by atoms with E-state index in [1.807, 2.05) is 0 Å². The van der Waals surface area contributed by atoms with Gasteiger partial charge in [-0.1, -0.05) is 0 Å². The van der Waals surface area contributed by atoms with Crippen LogP contribution >= 0.6 is 11.3 Å². The summed E-state index contributed by atoms with van der Waals surface area (Å²) < 4.78 is 31.1. The number of amides is 6. The van der Waals surface area contributed by atoms with Crippen molar-refractivity contribution in [2.24, 2.45) is 0 Å². The Kier molecular flexibility index (Phi) is 8.41. The van der Waals surface area contributed by atoms with Crippen LogP contribution in [0.25, 0.3) is 0 Å². The maximum absolute atomic E-state index is 12.8. The molecule has 0 saturated carbocycles. The zero-order chi connectivity index (χ0) is 23.8. The summed E-state index contributed by atoms with van der Waals surface area (Å²) in [6.45, 7) is 1.49. The van der Waals surface area contributed by atoms with Crippen molar-refractivity contribution in [3.05, 3.63) is 11.1 Å². The molecule has 2 saturated heterocycles. The van der Waals surface area contributed by atoms with E-state index in [2.05, 4.69) is 15.6 Å². The van der Waals surface area contributed by atoms with E-state index in [0.717, 1.165) is 11.3 Å². The number of imide groups is 1. The average molecular weight is 513 g/mol. The van der Waals surface area contributed by atoms with Gasteiger partial charge in [0.2, 0.25) is 5.91 Å². The van der Waals surface area contributed by atoms with E-state index in [9.17, 15) is 32.4 Å². The molecule has 18 heteroatoms. The van der Waals surface area contributed by atoms with Crippen molar-refractivity contribution in [3.63, 3.8) is 0 Å². The maximum atomic E-state index is 12.8. The number of likely N-dealkylation sites (N-methyl/N-ethyl adjacent to an activating group) is 1. The third-order valence-electron chi connectivity index (χ3n) is 4.79. The molecule has 2 fully saturated rings. The molecule has 33 heavy (non-hydrogen) atoms. The zero-order valence-corrected chi connectivity index (χ0v) is 18.2. The van der Waals surface area contributed by atoms with Crippen LogP contribution in [0, 0.1) is 0 Å². The summed E-state index contributed by atoms with van der Waals surface area (Å²) >= 11 is 0.966. The third kappa shape index (κ3) is 5.61. The van der Waals surface area contributed by atoms with Crippen molar-refractivity contribution in [2.75, 3.05) is 31.9 Å². The Morgan fingerprint density at radius 1 is 1.30 bits per heavy atom. The molecule has 2 unspecified atom stereocenters. The normalized spacial score (nSPS) is 19.5. The van der Waals surface area contributed by atoms with Crippen LogP contribution in [0.5, 0.6) is 0 Å². The number of anilines is 1. The Labute approximate surface area is 213 Å². The number of piperazine rings is 1. The summed E-state index contributed by atoms with van der Waals surface area (Å²) in [7, 11) is -4.75. The second-order valence-corrected chi connectivity index (χ2v) is 8.97. The van der Waals surface area contributed by atoms with Gasteiger partial charge in [0.25, 0.3) is 5.91 Å². The van der Waals surface area contributed by atoms with Crippen molar-refractivity contribution in [2.45, 2.75) is 19.0 Å². The molecule has 3 rings (SSSR count). The van der Waals surface area contributed by atoms with Crippen LogP contribution in [0.15, 0.2) is 5.38 Å². The summed E-state index contributed by atoms with van der Waals surface area (Å²) in [6.07, 6.45) is 0. The summed E-state index contributed by atoms with van der Waals surface area (Å²) in [5.74, 6) is -3.94. The number of β-lactam (4-membered cyclic amide) rings is 1. The Hall–Kier alpha value is -2.31. The van der Waals surface area contributed by atoms with Crippen molar-refractivity contribution in [1.29, 1.82) is 0 Å².